The highest BCUT2D eigenvalue weighted by atomic mass is 79.9. The fourth-order valence-corrected chi connectivity index (χ4v) is 2.61. The zero-order valence-corrected chi connectivity index (χ0v) is 15.5. The molecule has 0 heterocycles. The molecule has 0 aromatic heterocycles. The lowest BCUT2D eigenvalue weighted by atomic mass is 9.87. The maximum Gasteiger partial charge on any atom is 0.262 e. The lowest BCUT2D eigenvalue weighted by Gasteiger charge is -2.20. The maximum atomic E-state index is 12.1. The summed E-state index contributed by atoms with van der Waals surface area (Å²) < 4.78 is 6.43. The smallest absolute Gasteiger partial charge is 0.262 e. The Morgan fingerprint density at radius 3 is 2.48 bits per heavy atom. The van der Waals surface area contributed by atoms with Crippen molar-refractivity contribution in [3.05, 3.63) is 58.1 Å². The second kappa shape index (κ2) is 7.18. The summed E-state index contributed by atoms with van der Waals surface area (Å²) in [7, 11) is 0. The molecular weight excluding hydrogens is 354 g/mol. The number of ether oxygens (including phenoxy) is 1. The number of rotatable bonds is 4. The normalized spacial score (nSPS) is 11.2. The van der Waals surface area contributed by atoms with Crippen molar-refractivity contribution >= 4 is 27.5 Å². The minimum absolute atomic E-state index is 0.0156. The van der Waals surface area contributed by atoms with Crippen molar-refractivity contribution in [3.63, 3.8) is 0 Å². The van der Waals surface area contributed by atoms with Gasteiger partial charge in [0.25, 0.3) is 5.91 Å². The van der Waals surface area contributed by atoms with Crippen LogP contribution in [0.25, 0.3) is 0 Å². The number of carbonyl (C=O) groups excluding carboxylic acids is 1. The number of hydrogen-bond donors (Lipinski definition) is 1. The third-order valence-electron chi connectivity index (χ3n) is 3.56. The van der Waals surface area contributed by atoms with Crippen molar-refractivity contribution < 1.29 is 9.53 Å². The van der Waals surface area contributed by atoms with Crippen LogP contribution in [0, 0.1) is 6.92 Å². The van der Waals surface area contributed by atoms with Gasteiger partial charge in [0.2, 0.25) is 0 Å². The van der Waals surface area contributed by atoms with Crippen molar-refractivity contribution in [1.29, 1.82) is 0 Å². The molecule has 0 spiro atoms. The number of para-hydroxylation sites is 1. The van der Waals surface area contributed by atoms with Gasteiger partial charge in [-0.05, 0) is 57.6 Å². The first-order chi connectivity index (χ1) is 10.8. The number of amides is 1. The molecule has 1 N–H and O–H groups in total. The standard InChI is InChI=1S/C19H22BrNO2/c1-13-7-5-6-8-17(13)23-12-18(22)21-16-10-9-14(11-15(16)20)19(2,3)4/h5-11H,12H2,1-4H3,(H,21,22). The van der Waals surface area contributed by atoms with Crippen LogP contribution < -0.4 is 10.1 Å². The predicted octanol–water partition coefficient (Wildman–Crippen LogP) is 5.07. The monoisotopic (exact) mass is 375 g/mol. The van der Waals surface area contributed by atoms with E-state index in [4.69, 9.17) is 4.74 Å². The second-order valence-electron chi connectivity index (χ2n) is 6.55. The molecule has 0 saturated carbocycles. The first-order valence-electron chi connectivity index (χ1n) is 7.55. The molecule has 0 atom stereocenters. The topological polar surface area (TPSA) is 38.3 Å². The Hall–Kier alpha value is -1.81. The van der Waals surface area contributed by atoms with Gasteiger partial charge in [-0.1, -0.05) is 45.0 Å². The molecule has 4 heteroatoms. The Labute approximate surface area is 146 Å². The third kappa shape index (κ3) is 4.83. The number of anilines is 1. The van der Waals surface area contributed by atoms with Crippen LogP contribution in [0.3, 0.4) is 0 Å². The van der Waals surface area contributed by atoms with Crippen LogP contribution >= 0.6 is 15.9 Å². The molecule has 0 saturated heterocycles. The van der Waals surface area contributed by atoms with E-state index in [0.29, 0.717) is 0 Å². The second-order valence-corrected chi connectivity index (χ2v) is 7.40. The van der Waals surface area contributed by atoms with E-state index in [1.165, 1.54) is 5.56 Å². The highest BCUT2D eigenvalue weighted by molar-refractivity contribution is 9.10. The highest BCUT2D eigenvalue weighted by Gasteiger charge is 2.15. The number of carbonyl (C=O) groups is 1. The van der Waals surface area contributed by atoms with Crippen LogP contribution in [0.2, 0.25) is 0 Å². The Morgan fingerprint density at radius 1 is 1.17 bits per heavy atom. The molecule has 122 valence electrons. The molecule has 0 radical (unpaired) electrons. The first kappa shape index (κ1) is 17.5. The van der Waals surface area contributed by atoms with Gasteiger partial charge in [-0.3, -0.25) is 4.79 Å². The predicted molar refractivity (Wildman–Crippen MR) is 98.1 cm³/mol. The summed E-state index contributed by atoms with van der Waals surface area (Å²) in [5, 5.41) is 2.87. The Kier molecular flexibility index (Phi) is 5.47. The van der Waals surface area contributed by atoms with Crippen molar-refractivity contribution in [2.24, 2.45) is 0 Å². The molecule has 1 amide bonds. The third-order valence-corrected chi connectivity index (χ3v) is 4.22. The highest BCUT2D eigenvalue weighted by Crippen LogP contribution is 2.30. The summed E-state index contributed by atoms with van der Waals surface area (Å²) in [6, 6.07) is 13.6. The van der Waals surface area contributed by atoms with E-state index in [-0.39, 0.29) is 17.9 Å². The summed E-state index contributed by atoms with van der Waals surface area (Å²) in [5.41, 5.74) is 3.03. The summed E-state index contributed by atoms with van der Waals surface area (Å²) in [5.74, 6) is 0.544. The van der Waals surface area contributed by atoms with Gasteiger partial charge < -0.3 is 10.1 Å². The lowest BCUT2D eigenvalue weighted by molar-refractivity contribution is -0.118. The number of aryl methyl sites for hydroxylation is 1. The molecule has 0 fully saturated rings. The van der Waals surface area contributed by atoms with Crippen LogP contribution in [0.15, 0.2) is 46.9 Å². The van der Waals surface area contributed by atoms with Gasteiger partial charge in [-0.2, -0.15) is 0 Å². The SMILES string of the molecule is Cc1ccccc1OCC(=O)Nc1ccc(C(C)(C)C)cc1Br. The average molecular weight is 376 g/mol. The van der Waals surface area contributed by atoms with Crippen LogP contribution in [0.1, 0.15) is 31.9 Å². The van der Waals surface area contributed by atoms with Crippen molar-refractivity contribution in [3.8, 4) is 5.75 Å². The van der Waals surface area contributed by atoms with E-state index in [2.05, 4.69) is 42.0 Å². The van der Waals surface area contributed by atoms with E-state index in [0.717, 1.165) is 21.5 Å². The maximum absolute atomic E-state index is 12.1. The quantitative estimate of drug-likeness (QED) is 0.809. The molecular formula is C19H22BrNO2. The minimum atomic E-state index is -0.183. The summed E-state index contributed by atoms with van der Waals surface area (Å²) >= 11 is 3.52. The zero-order chi connectivity index (χ0) is 17.0. The largest absolute Gasteiger partial charge is 0.483 e. The molecule has 0 aliphatic carbocycles. The number of benzene rings is 2. The number of nitrogens with one attached hydrogen (secondary N) is 1. The molecule has 2 aromatic carbocycles. The van der Waals surface area contributed by atoms with Gasteiger partial charge in [0.1, 0.15) is 5.75 Å². The summed E-state index contributed by atoms with van der Waals surface area (Å²) in [4.78, 5) is 12.1. The molecule has 0 aliphatic rings. The summed E-state index contributed by atoms with van der Waals surface area (Å²) in [6.45, 7) is 8.41. The van der Waals surface area contributed by atoms with Crippen LogP contribution in [0.5, 0.6) is 5.75 Å². The molecule has 0 aliphatic heterocycles. The van der Waals surface area contributed by atoms with Crippen molar-refractivity contribution in [2.75, 3.05) is 11.9 Å². The Morgan fingerprint density at radius 2 is 1.87 bits per heavy atom. The van der Waals surface area contributed by atoms with Gasteiger partial charge in [-0.15, -0.1) is 0 Å². The van der Waals surface area contributed by atoms with Gasteiger partial charge >= 0.3 is 0 Å². The Balaban J connectivity index is 1.99. The van der Waals surface area contributed by atoms with Crippen LogP contribution in [0.4, 0.5) is 5.69 Å². The average Bonchev–Trinajstić information content (AvgIpc) is 2.47. The lowest BCUT2D eigenvalue weighted by Crippen LogP contribution is -2.21. The fraction of sp³-hybridized carbons (Fsp3) is 0.316. The van der Waals surface area contributed by atoms with Gasteiger partial charge in [0, 0.05) is 4.47 Å². The first-order valence-corrected chi connectivity index (χ1v) is 8.35. The van der Waals surface area contributed by atoms with E-state index in [1.54, 1.807) is 0 Å². The number of hydrogen-bond acceptors (Lipinski definition) is 2. The van der Waals surface area contributed by atoms with Crippen LogP contribution in [-0.2, 0) is 10.2 Å². The Bertz CT molecular complexity index is 705. The summed E-state index contributed by atoms with van der Waals surface area (Å²) in [6.07, 6.45) is 0. The fourth-order valence-electron chi connectivity index (χ4n) is 2.13. The van der Waals surface area contributed by atoms with Crippen LogP contribution in [-0.4, -0.2) is 12.5 Å². The molecule has 3 nitrogen and oxygen atoms in total. The van der Waals surface area contributed by atoms with Gasteiger partial charge in [0.15, 0.2) is 6.61 Å². The van der Waals surface area contributed by atoms with E-state index in [9.17, 15) is 4.79 Å². The minimum Gasteiger partial charge on any atom is -0.483 e. The van der Waals surface area contributed by atoms with Crippen molar-refractivity contribution in [1.82, 2.24) is 0 Å². The van der Waals surface area contributed by atoms with E-state index >= 15 is 0 Å². The molecule has 23 heavy (non-hydrogen) atoms. The van der Waals surface area contributed by atoms with Crippen molar-refractivity contribution in [2.45, 2.75) is 33.1 Å². The molecule has 2 rings (SSSR count). The van der Waals surface area contributed by atoms with Gasteiger partial charge in [-0.25, -0.2) is 0 Å². The zero-order valence-electron chi connectivity index (χ0n) is 13.9. The molecule has 0 bridgehead atoms. The molecule has 2 aromatic rings. The van der Waals surface area contributed by atoms with E-state index < -0.39 is 0 Å². The van der Waals surface area contributed by atoms with Gasteiger partial charge in [0.05, 0.1) is 5.69 Å². The number of halogens is 1. The molecule has 0 unspecified atom stereocenters. The van der Waals surface area contributed by atoms with E-state index in [1.807, 2.05) is 49.4 Å².